The first-order chi connectivity index (χ1) is 12.9. The third-order valence-electron chi connectivity index (χ3n) is 4.91. The van der Waals surface area contributed by atoms with Crippen LogP contribution in [0.4, 0.5) is 0 Å². The average molecular weight is 393 g/mol. The molecule has 1 fully saturated rings. The lowest BCUT2D eigenvalue weighted by atomic mass is 9.95. The van der Waals surface area contributed by atoms with Crippen molar-refractivity contribution in [2.75, 3.05) is 26.9 Å². The molecule has 27 heavy (non-hydrogen) atoms. The maximum absolute atomic E-state index is 12.1. The van der Waals surface area contributed by atoms with Crippen molar-refractivity contribution in [2.45, 2.75) is 50.4 Å². The zero-order chi connectivity index (χ0) is 19.8. The Bertz CT molecular complexity index is 673. The van der Waals surface area contributed by atoms with E-state index >= 15 is 0 Å². The van der Waals surface area contributed by atoms with Crippen molar-refractivity contribution < 1.29 is 9.00 Å². The highest BCUT2D eigenvalue weighted by Crippen LogP contribution is 2.23. The molecule has 1 aromatic carbocycles. The first-order valence-electron chi connectivity index (χ1n) is 9.59. The highest BCUT2D eigenvalue weighted by Gasteiger charge is 2.26. The van der Waals surface area contributed by atoms with Crippen LogP contribution in [0.1, 0.15) is 48.5 Å². The first kappa shape index (κ1) is 21.4. The van der Waals surface area contributed by atoms with Gasteiger partial charge in [-0.1, -0.05) is 25.5 Å². The van der Waals surface area contributed by atoms with Crippen LogP contribution >= 0.6 is 0 Å². The van der Waals surface area contributed by atoms with E-state index in [0.717, 1.165) is 43.0 Å². The van der Waals surface area contributed by atoms with Crippen LogP contribution in [0.15, 0.2) is 29.3 Å². The van der Waals surface area contributed by atoms with Gasteiger partial charge in [-0.2, -0.15) is 0 Å². The lowest BCUT2D eigenvalue weighted by molar-refractivity contribution is 0.0827. The Balaban J connectivity index is 1.86. The summed E-state index contributed by atoms with van der Waals surface area (Å²) in [7, 11) is 4.54. The predicted octanol–water partition coefficient (Wildman–Crippen LogP) is 2.13. The molecule has 7 heteroatoms. The van der Waals surface area contributed by atoms with E-state index in [1.54, 1.807) is 26.0 Å². The number of hydrogen-bond acceptors (Lipinski definition) is 3. The molecule has 0 aliphatic heterocycles. The summed E-state index contributed by atoms with van der Waals surface area (Å²) >= 11 is 0. The molecule has 1 amide bonds. The van der Waals surface area contributed by atoms with Crippen LogP contribution in [0, 0.1) is 0 Å². The molecule has 6 nitrogen and oxygen atoms in total. The van der Waals surface area contributed by atoms with Crippen LogP contribution in [0.25, 0.3) is 0 Å². The van der Waals surface area contributed by atoms with Crippen molar-refractivity contribution >= 4 is 22.7 Å². The normalized spacial score (nSPS) is 21.4. The van der Waals surface area contributed by atoms with Crippen molar-refractivity contribution in [3.63, 3.8) is 0 Å². The molecule has 2 N–H and O–H groups in total. The van der Waals surface area contributed by atoms with Gasteiger partial charge in [-0.3, -0.25) is 14.0 Å². The molecule has 0 saturated heterocycles. The Hall–Kier alpha value is -1.89. The molecular weight excluding hydrogens is 360 g/mol. The zero-order valence-electron chi connectivity index (χ0n) is 16.8. The Morgan fingerprint density at radius 2 is 1.96 bits per heavy atom. The number of nitrogens with zero attached hydrogens (tertiary/aromatic N) is 2. The van der Waals surface area contributed by atoms with E-state index in [4.69, 9.17) is 0 Å². The molecule has 1 saturated carbocycles. The quantitative estimate of drug-likeness (QED) is 0.575. The summed E-state index contributed by atoms with van der Waals surface area (Å²) in [5.74, 6) is 1.50. The van der Waals surface area contributed by atoms with E-state index in [1.807, 2.05) is 31.2 Å². The van der Waals surface area contributed by atoms with Gasteiger partial charge < -0.3 is 15.5 Å². The van der Waals surface area contributed by atoms with Crippen LogP contribution < -0.4 is 10.6 Å². The van der Waals surface area contributed by atoms with Gasteiger partial charge in [0.2, 0.25) is 0 Å². The fourth-order valence-corrected chi connectivity index (χ4v) is 4.70. The lowest BCUT2D eigenvalue weighted by Crippen LogP contribution is -2.46. The third kappa shape index (κ3) is 6.34. The van der Waals surface area contributed by atoms with Crippen LogP contribution in [0.3, 0.4) is 0 Å². The molecular formula is C20H32N4O2S. The van der Waals surface area contributed by atoms with Crippen LogP contribution in [-0.4, -0.2) is 59.2 Å². The van der Waals surface area contributed by atoms with Gasteiger partial charge in [-0.25, -0.2) is 0 Å². The highest BCUT2D eigenvalue weighted by molar-refractivity contribution is 7.85. The standard InChI is InChI=1S/C20H32N4O2S/c1-5-27(26)18-8-6-7-17(13-18)23-20(21-2)22-14-15-9-11-16(12-10-15)19(25)24(3)4/h9-12,17-18H,5-8,13-14H2,1-4H3,(H2,21,22,23). The molecule has 0 bridgehead atoms. The Morgan fingerprint density at radius 3 is 2.56 bits per heavy atom. The number of hydrogen-bond donors (Lipinski definition) is 2. The minimum atomic E-state index is -0.725. The maximum Gasteiger partial charge on any atom is 0.253 e. The number of carbonyl (C=O) groups excluding carboxylic acids is 1. The van der Waals surface area contributed by atoms with Crippen molar-refractivity contribution in [3.05, 3.63) is 35.4 Å². The predicted molar refractivity (Wildman–Crippen MR) is 113 cm³/mol. The van der Waals surface area contributed by atoms with E-state index in [-0.39, 0.29) is 5.91 Å². The summed E-state index contributed by atoms with van der Waals surface area (Å²) in [5, 5.41) is 7.10. The van der Waals surface area contributed by atoms with Crippen LogP contribution in [0.5, 0.6) is 0 Å². The van der Waals surface area contributed by atoms with Crippen LogP contribution in [-0.2, 0) is 17.3 Å². The Labute approximate surface area is 165 Å². The molecule has 3 atom stereocenters. The van der Waals surface area contributed by atoms with Gasteiger partial charge in [0.1, 0.15) is 0 Å². The van der Waals surface area contributed by atoms with Crippen molar-refractivity contribution in [3.8, 4) is 0 Å². The SMILES string of the molecule is CCS(=O)C1CCCC(NC(=NC)NCc2ccc(C(=O)N(C)C)cc2)C1. The fourth-order valence-electron chi connectivity index (χ4n) is 3.35. The fraction of sp³-hybridized carbons (Fsp3) is 0.600. The molecule has 0 aromatic heterocycles. The number of carbonyl (C=O) groups is 1. The second kappa shape index (κ2) is 10.4. The van der Waals surface area contributed by atoms with Crippen molar-refractivity contribution in [2.24, 2.45) is 4.99 Å². The summed E-state index contributed by atoms with van der Waals surface area (Å²) in [6, 6.07) is 7.92. The molecule has 0 radical (unpaired) electrons. The summed E-state index contributed by atoms with van der Waals surface area (Å²) in [5.41, 5.74) is 1.77. The number of nitrogens with one attached hydrogen (secondary N) is 2. The van der Waals surface area contributed by atoms with Gasteiger partial charge in [-0.05, 0) is 37.0 Å². The molecule has 0 spiro atoms. The van der Waals surface area contributed by atoms with Gasteiger partial charge in [-0.15, -0.1) is 0 Å². The van der Waals surface area contributed by atoms with Gasteiger partial charge in [0.05, 0.1) is 0 Å². The number of benzene rings is 1. The number of amides is 1. The number of aliphatic imine (C=N–C) groups is 1. The minimum absolute atomic E-state index is 0.00306. The topological polar surface area (TPSA) is 73.8 Å². The third-order valence-corrected chi connectivity index (χ3v) is 6.65. The smallest absolute Gasteiger partial charge is 0.253 e. The van der Waals surface area contributed by atoms with E-state index in [0.29, 0.717) is 23.4 Å². The molecule has 3 unspecified atom stereocenters. The molecule has 1 aliphatic carbocycles. The number of guanidine groups is 1. The Morgan fingerprint density at radius 1 is 1.26 bits per heavy atom. The monoisotopic (exact) mass is 392 g/mol. The minimum Gasteiger partial charge on any atom is -0.354 e. The summed E-state index contributed by atoms with van der Waals surface area (Å²) in [6.45, 7) is 2.62. The van der Waals surface area contributed by atoms with E-state index in [2.05, 4.69) is 15.6 Å². The molecule has 1 aromatic rings. The van der Waals surface area contributed by atoms with Gasteiger partial charge in [0.25, 0.3) is 5.91 Å². The van der Waals surface area contributed by atoms with Gasteiger partial charge in [0, 0.05) is 61.1 Å². The van der Waals surface area contributed by atoms with E-state index in [9.17, 15) is 9.00 Å². The van der Waals surface area contributed by atoms with Crippen molar-refractivity contribution in [1.82, 2.24) is 15.5 Å². The molecule has 0 heterocycles. The Kier molecular flexibility index (Phi) is 8.28. The largest absolute Gasteiger partial charge is 0.354 e. The maximum atomic E-state index is 12.1. The second-order valence-electron chi connectivity index (χ2n) is 7.12. The molecule has 1 aliphatic rings. The van der Waals surface area contributed by atoms with Gasteiger partial charge in [0.15, 0.2) is 5.96 Å². The number of rotatable bonds is 6. The lowest BCUT2D eigenvalue weighted by Gasteiger charge is -2.30. The van der Waals surface area contributed by atoms with Crippen molar-refractivity contribution in [1.29, 1.82) is 0 Å². The van der Waals surface area contributed by atoms with Gasteiger partial charge >= 0.3 is 0 Å². The molecule has 150 valence electrons. The van der Waals surface area contributed by atoms with E-state index in [1.165, 1.54) is 0 Å². The average Bonchev–Trinajstić information content (AvgIpc) is 2.70. The molecule has 2 rings (SSSR count). The summed E-state index contributed by atoms with van der Waals surface area (Å²) in [4.78, 5) is 17.8. The highest BCUT2D eigenvalue weighted by atomic mass is 32.2. The summed E-state index contributed by atoms with van der Waals surface area (Å²) in [6.07, 6.45) is 4.18. The second-order valence-corrected chi connectivity index (χ2v) is 9.13. The van der Waals surface area contributed by atoms with Crippen LogP contribution in [0.2, 0.25) is 0 Å². The summed E-state index contributed by atoms with van der Waals surface area (Å²) < 4.78 is 12.1. The van der Waals surface area contributed by atoms with E-state index < -0.39 is 10.8 Å². The zero-order valence-corrected chi connectivity index (χ0v) is 17.6. The first-order valence-corrected chi connectivity index (χ1v) is 11.0.